The number of nitrogen functional groups attached to an aromatic ring is 1. The predicted octanol–water partition coefficient (Wildman–Crippen LogP) is 1.21. The van der Waals surface area contributed by atoms with E-state index in [9.17, 15) is 24.5 Å². The van der Waals surface area contributed by atoms with Gasteiger partial charge >= 0.3 is 35.2 Å². The number of nitrogens with two attached hydrogens (primary N) is 1. The quantitative estimate of drug-likeness (QED) is 0.100. The van der Waals surface area contributed by atoms with Crippen LogP contribution in [0.3, 0.4) is 0 Å². The van der Waals surface area contributed by atoms with E-state index in [1.807, 2.05) is 0 Å². The monoisotopic (exact) mass is 597 g/mol. The zero-order valence-electron chi connectivity index (χ0n) is 24.5. The number of aliphatic hydroxyl groups is 2. The van der Waals surface area contributed by atoms with Crippen LogP contribution in [0.15, 0.2) is 17.1 Å². The smallest absolute Gasteiger partial charge is 0.756 e. The third-order valence-electron chi connectivity index (χ3n) is 7.11. The third-order valence-corrected chi connectivity index (χ3v) is 8.07. The Labute approximate surface area is 261 Å². The summed E-state index contributed by atoms with van der Waals surface area (Å²) in [6.07, 6.45) is 15.5. The Kier molecular flexibility index (Phi) is 20.1. The molecule has 5 unspecified atom stereocenters. The number of unbranched alkanes of at least 4 members (excludes halogenated alkanes) is 15. The molecule has 0 bridgehead atoms. The van der Waals surface area contributed by atoms with Crippen LogP contribution in [0.5, 0.6) is 0 Å². The van der Waals surface area contributed by atoms with Crippen LogP contribution in [-0.2, 0) is 18.3 Å². The molecule has 4 N–H and O–H groups in total. The number of hydrogen-bond acceptors (Lipinski definition) is 10. The Morgan fingerprint density at radius 2 is 1.43 bits per heavy atom. The van der Waals surface area contributed by atoms with Gasteiger partial charge in [-0.15, -0.1) is 0 Å². The maximum absolute atomic E-state index is 12.1. The van der Waals surface area contributed by atoms with Crippen LogP contribution in [0.2, 0.25) is 0 Å². The molecule has 1 saturated heterocycles. The molecule has 11 nitrogen and oxygen atoms in total. The van der Waals surface area contributed by atoms with Crippen molar-refractivity contribution in [3.63, 3.8) is 0 Å². The summed E-state index contributed by atoms with van der Waals surface area (Å²) in [5.41, 5.74) is 4.68. The van der Waals surface area contributed by atoms with Crippen LogP contribution in [0, 0.1) is 0 Å². The van der Waals surface area contributed by atoms with Gasteiger partial charge in [-0.05, 0) is 12.5 Å². The maximum atomic E-state index is 12.1. The zero-order valence-corrected chi connectivity index (χ0v) is 27.3. The Bertz CT molecular complexity index is 909. The van der Waals surface area contributed by atoms with Crippen molar-refractivity contribution in [3.05, 3.63) is 22.7 Å². The van der Waals surface area contributed by atoms with Crippen LogP contribution in [0.1, 0.15) is 116 Å². The number of aliphatic hydroxyl groups excluding tert-OH is 2. The molecule has 2 heterocycles. The minimum atomic E-state index is -4.61. The van der Waals surface area contributed by atoms with Gasteiger partial charge in [-0.25, -0.2) is 4.79 Å². The number of hydrogen-bond donors (Lipinski definition) is 3. The maximum Gasteiger partial charge on any atom is 1.00 e. The van der Waals surface area contributed by atoms with Gasteiger partial charge in [0.1, 0.15) is 24.1 Å². The SMILES string of the molecule is CCCCCCCCCCCCCCCCCCOP(=O)([O-])OCC1OC(n2ccc(N)nc2=O)C(O)C1O.[Na+]. The Morgan fingerprint density at radius 3 is 1.93 bits per heavy atom. The van der Waals surface area contributed by atoms with Crippen LogP contribution in [-0.4, -0.2) is 51.3 Å². The summed E-state index contributed by atoms with van der Waals surface area (Å²) in [7, 11) is -4.61. The van der Waals surface area contributed by atoms with Crippen molar-refractivity contribution in [2.45, 2.75) is 134 Å². The third kappa shape index (κ3) is 14.7. The van der Waals surface area contributed by atoms with Gasteiger partial charge in [0, 0.05) is 6.20 Å². The fourth-order valence-electron chi connectivity index (χ4n) is 4.74. The topological polar surface area (TPSA) is 169 Å². The van der Waals surface area contributed by atoms with E-state index >= 15 is 0 Å². The molecule has 40 heavy (non-hydrogen) atoms. The summed E-state index contributed by atoms with van der Waals surface area (Å²) in [6, 6.07) is 1.34. The van der Waals surface area contributed by atoms with E-state index in [-0.39, 0.29) is 42.0 Å². The van der Waals surface area contributed by atoms with Crippen LogP contribution < -0.4 is 45.9 Å². The van der Waals surface area contributed by atoms with Gasteiger partial charge in [0.25, 0.3) is 7.82 Å². The number of nitrogens with zero attached hydrogens (tertiary/aromatic N) is 2. The Morgan fingerprint density at radius 1 is 0.925 bits per heavy atom. The molecule has 13 heteroatoms. The van der Waals surface area contributed by atoms with E-state index < -0.39 is 44.7 Å². The number of anilines is 1. The van der Waals surface area contributed by atoms with Gasteiger partial charge in [0.05, 0.1) is 13.2 Å². The number of ether oxygens (including phenoxy) is 1. The first-order chi connectivity index (χ1) is 18.7. The first kappa shape index (κ1) is 37.7. The van der Waals surface area contributed by atoms with Crippen molar-refractivity contribution in [2.75, 3.05) is 18.9 Å². The van der Waals surface area contributed by atoms with E-state index in [1.165, 1.54) is 89.3 Å². The second kappa shape index (κ2) is 21.4. The summed E-state index contributed by atoms with van der Waals surface area (Å²) in [4.78, 5) is 27.6. The second-order valence-corrected chi connectivity index (χ2v) is 11.9. The zero-order chi connectivity index (χ0) is 28.5. The van der Waals surface area contributed by atoms with Gasteiger partial charge in [0.2, 0.25) is 0 Å². The van der Waals surface area contributed by atoms with Crippen LogP contribution >= 0.6 is 7.82 Å². The molecule has 1 aliphatic heterocycles. The molecule has 5 atom stereocenters. The molecular formula is C27H49N3NaO8P. The number of phosphoric acid groups is 1. The summed E-state index contributed by atoms with van der Waals surface area (Å²) in [5, 5.41) is 20.5. The summed E-state index contributed by atoms with van der Waals surface area (Å²) in [5.74, 6) is -0.00189. The van der Waals surface area contributed by atoms with E-state index in [0.29, 0.717) is 6.42 Å². The van der Waals surface area contributed by atoms with Crippen molar-refractivity contribution in [1.82, 2.24) is 9.55 Å². The molecule has 1 aromatic heterocycles. The Hall–Kier alpha value is -0.330. The largest absolute Gasteiger partial charge is 1.00 e. The molecule has 226 valence electrons. The summed E-state index contributed by atoms with van der Waals surface area (Å²) in [6.45, 7) is 1.70. The standard InChI is InChI=1S/C27H50N3O8P.Na/c1-2-3-4-5-6-7-8-9-10-11-12-13-14-15-16-17-20-36-39(34,35)37-21-22-24(31)25(32)26(38-22)30-19-18-23(28)29-27(30)33;/h18-19,22,24-26,31-32H,2-17,20-21H2,1H3,(H,34,35)(H2,28,29,33);/q;+1/p-1. The molecule has 0 aromatic carbocycles. The fourth-order valence-corrected chi connectivity index (χ4v) is 5.50. The molecular weight excluding hydrogens is 548 g/mol. The van der Waals surface area contributed by atoms with Crippen LogP contribution in [0.25, 0.3) is 0 Å². The summed E-state index contributed by atoms with van der Waals surface area (Å²) >= 11 is 0. The number of aromatic nitrogens is 2. The van der Waals surface area contributed by atoms with Crippen molar-refractivity contribution in [1.29, 1.82) is 0 Å². The molecule has 0 saturated carbocycles. The molecule has 1 aliphatic rings. The molecule has 0 aliphatic carbocycles. The van der Waals surface area contributed by atoms with Crippen molar-refractivity contribution in [3.8, 4) is 0 Å². The van der Waals surface area contributed by atoms with E-state index in [2.05, 4.69) is 11.9 Å². The predicted molar refractivity (Wildman–Crippen MR) is 148 cm³/mol. The number of phosphoric ester groups is 1. The molecule has 0 amide bonds. The average molecular weight is 598 g/mol. The Balaban J connectivity index is 0.00000800. The normalized spacial score (nSPS) is 22.2. The first-order valence-electron chi connectivity index (χ1n) is 14.7. The van der Waals surface area contributed by atoms with E-state index in [0.717, 1.165) is 23.8 Å². The average Bonchev–Trinajstić information content (AvgIpc) is 3.18. The van der Waals surface area contributed by atoms with Crippen molar-refractivity contribution < 1.29 is 63.0 Å². The molecule has 1 fully saturated rings. The second-order valence-electron chi connectivity index (χ2n) is 10.5. The van der Waals surface area contributed by atoms with Gasteiger partial charge in [-0.1, -0.05) is 103 Å². The van der Waals surface area contributed by atoms with Gasteiger partial charge in [0.15, 0.2) is 6.23 Å². The first-order valence-corrected chi connectivity index (χ1v) is 16.2. The fraction of sp³-hybridized carbons (Fsp3) is 0.852. The minimum absolute atomic E-state index is 0. The number of rotatable bonds is 22. The van der Waals surface area contributed by atoms with E-state index in [4.69, 9.17) is 19.5 Å². The molecule has 0 spiro atoms. The van der Waals surface area contributed by atoms with Crippen molar-refractivity contribution >= 4 is 13.6 Å². The van der Waals surface area contributed by atoms with Crippen LogP contribution in [0.4, 0.5) is 5.82 Å². The molecule has 2 rings (SSSR count). The van der Waals surface area contributed by atoms with Gasteiger partial charge in [-0.3, -0.25) is 9.13 Å². The van der Waals surface area contributed by atoms with Gasteiger partial charge in [-0.2, -0.15) is 4.98 Å². The van der Waals surface area contributed by atoms with Gasteiger partial charge < -0.3 is 34.6 Å². The summed E-state index contributed by atoms with van der Waals surface area (Å²) < 4.78 is 28.3. The van der Waals surface area contributed by atoms with Crippen molar-refractivity contribution in [2.24, 2.45) is 0 Å². The van der Waals surface area contributed by atoms with E-state index in [1.54, 1.807) is 0 Å². The molecule has 0 radical (unpaired) electrons. The molecule has 1 aromatic rings. The minimum Gasteiger partial charge on any atom is -0.756 e.